The summed E-state index contributed by atoms with van der Waals surface area (Å²) in [5, 5.41) is 21.7. The van der Waals surface area contributed by atoms with E-state index in [1.54, 1.807) is 4.90 Å². The maximum Gasteiger partial charge on any atom is 0.416 e. The van der Waals surface area contributed by atoms with Crippen LogP contribution in [-0.4, -0.2) is 73.0 Å². The molecule has 0 spiro atoms. The number of aliphatic carboxylic acids is 1. The second-order valence-electron chi connectivity index (χ2n) is 11.2. The number of benzene rings is 1. The van der Waals surface area contributed by atoms with Gasteiger partial charge in [-0.3, -0.25) is 4.79 Å². The van der Waals surface area contributed by atoms with Gasteiger partial charge in [0.1, 0.15) is 5.02 Å². The van der Waals surface area contributed by atoms with Crippen molar-refractivity contribution < 1.29 is 36.2 Å². The zero-order chi connectivity index (χ0) is 32.7. The highest BCUT2D eigenvalue weighted by molar-refractivity contribution is 6.32. The molecular weight excluding hydrogens is 632 g/mol. The van der Waals surface area contributed by atoms with Gasteiger partial charge in [-0.15, -0.1) is 5.10 Å². The number of piperidine rings is 1. The molecule has 18 heteroatoms. The highest BCUT2D eigenvalue weighted by atomic mass is 35.5. The van der Waals surface area contributed by atoms with Crippen molar-refractivity contribution in [1.82, 2.24) is 30.2 Å². The molecule has 0 saturated carbocycles. The first kappa shape index (κ1) is 32.5. The summed E-state index contributed by atoms with van der Waals surface area (Å²) in [6, 6.07) is 0.869. The molecule has 3 aromatic rings. The Morgan fingerprint density at radius 2 is 1.73 bits per heavy atom. The van der Waals surface area contributed by atoms with E-state index in [1.807, 2.05) is 16.7 Å². The number of nitrogens with zero attached hydrogens (tertiary/aromatic N) is 9. The normalized spacial score (nSPS) is 19.8. The summed E-state index contributed by atoms with van der Waals surface area (Å²) < 4.78 is 81.7. The molecule has 11 nitrogen and oxygen atoms in total. The topological polar surface area (TPSA) is 116 Å². The lowest BCUT2D eigenvalue weighted by molar-refractivity contribution is -0.144. The van der Waals surface area contributed by atoms with E-state index in [1.165, 1.54) is 13.2 Å². The zero-order valence-electron chi connectivity index (χ0n) is 24.2. The van der Waals surface area contributed by atoms with E-state index in [4.69, 9.17) is 16.6 Å². The standard InChI is InChI=1S/C27H30ClF6N9O2/c1-3-19-11-20(14-42(19)22-21(28)12-35-24(36-22)41-6-4-16(5-7-41)23(44)45)43(25-37-39-40(2)38-25)13-15-8-17(26(29,30)31)10-18(9-15)27(32,33)34/h8-10,12,16,19-20H,3-7,11,13-14H2,1-2H3,(H,44,45)/t19-,20+/m1/s1. The van der Waals surface area contributed by atoms with Gasteiger partial charge in [-0.2, -0.15) is 36.1 Å². The number of alkyl halides is 6. The minimum absolute atomic E-state index is 0.0425. The van der Waals surface area contributed by atoms with Gasteiger partial charge in [-0.05, 0) is 54.7 Å². The average Bonchev–Trinajstić information content (AvgIpc) is 3.61. The number of rotatable bonds is 8. The van der Waals surface area contributed by atoms with E-state index in [-0.39, 0.29) is 41.7 Å². The first-order valence-corrected chi connectivity index (χ1v) is 14.6. The van der Waals surface area contributed by atoms with Crippen LogP contribution in [0.5, 0.6) is 0 Å². The van der Waals surface area contributed by atoms with Crippen LogP contribution in [0.25, 0.3) is 0 Å². The molecule has 4 heterocycles. The van der Waals surface area contributed by atoms with Crippen molar-refractivity contribution in [3.8, 4) is 0 Å². The Hall–Kier alpha value is -3.89. The Labute approximate surface area is 258 Å². The number of aromatic nitrogens is 6. The Kier molecular flexibility index (Phi) is 9.01. The molecule has 2 atom stereocenters. The number of aryl methyl sites for hydroxylation is 1. The molecule has 244 valence electrons. The molecule has 0 amide bonds. The van der Waals surface area contributed by atoms with Crippen molar-refractivity contribution in [1.29, 1.82) is 0 Å². The van der Waals surface area contributed by atoms with Crippen molar-refractivity contribution in [2.75, 3.05) is 34.3 Å². The van der Waals surface area contributed by atoms with Crippen LogP contribution < -0.4 is 14.7 Å². The van der Waals surface area contributed by atoms with Crippen LogP contribution in [0.1, 0.15) is 49.3 Å². The summed E-state index contributed by atoms with van der Waals surface area (Å²) in [6.07, 6.45) is -6.58. The molecule has 0 bridgehead atoms. The third kappa shape index (κ3) is 7.17. The number of halogens is 7. The maximum absolute atomic E-state index is 13.6. The van der Waals surface area contributed by atoms with E-state index in [0.29, 0.717) is 62.7 Å². The number of carboxylic acids is 1. The molecule has 2 fully saturated rings. The van der Waals surface area contributed by atoms with E-state index in [2.05, 4.69) is 20.4 Å². The Bertz CT molecular complexity index is 1490. The number of tetrazole rings is 1. The Morgan fingerprint density at radius 3 is 2.27 bits per heavy atom. The molecule has 0 aliphatic carbocycles. The SMILES string of the molecule is CC[C@@H]1C[C@H](N(Cc2cc(C(F)(F)F)cc(C(F)(F)F)c2)c2nnn(C)n2)CN1c1nc(N2CCC(C(=O)O)CC2)ncc1Cl. The van der Waals surface area contributed by atoms with Crippen molar-refractivity contribution >= 4 is 35.3 Å². The fourth-order valence-electron chi connectivity index (χ4n) is 5.85. The molecule has 2 saturated heterocycles. The van der Waals surface area contributed by atoms with Gasteiger partial charge in [0.25, 0.3) is 5.95 Å². The van der Waals surface area contributed by atoms with Crippen molar-refractivity contribution in [2.24, 2.45) is 13.0 Å². The van der Waals surface area contributed by atoms with E-state index in [0.717, 1.165) is 4.80 Å². The van der Waals surface area contributed by atoms with Crippen LogP contribution in [0.4, 0.5) is 44.1 Å². The first-order chi connectivity index (χ1) is 21.1. The molecule has 45 heavy (non-hydrogen) atoms. The van der Waals surface area contributed by atoms with Crippen LogP contribution in [0.3, 0.4) is 0 Å². The molecular formula is C27H30ClF6N9O2. The second kappa shape index (κ2) is 12.5. The smallest absolute Gasteiger partial charge is 0.416 e. The second-order valence-corrected chi connectivity index (χ2v) is 11.6. The van der Waals surface area contributed by atoms with Gasteiger partial charge in [0, 0.05) is 32.2 Å². The Balaban J connectivity index is 1.46. The highest BCUT2D eigenvalue weighted by Crippen LogP contribution is 2.39. The van der Waals surface area contributed by atoms with Crippen LogP contribution in [0.2, 0.25) is 5.02 Å². The van der Waals surface area contributed by atoms with Gasteiger partial charge in [0.15, 0.2) is 5.82 Å². The van der Waals surface area contributed by atoms with Crippen molar-refractivity contribution in [3.05, 3.63) is 46.1 Å². The molecule has 1 N–H and O–H groups in total. The summed E-state index contributed by atoms with van der Waals surface area (Å²) in [7, 11) is 1.50. The monoisotopic (exact) mass is 661 g/mol. The summed E-state index contributed by atoms with van der Waals surface area (Å²) in [5.41, 5.74) is -3.04. The van der Waals surface area contributed by atoms with Gasteiger partial charge in [-0.1, -0.05) is 23.6 Å². The third-order valence-electron chi connectivity index (χ3n) is 8.17. The third-order valence-corrected chi connectivity index (χ3v) is 8.44. The molecule has 2 aliphatic heterocycles. The minimum Gasteiger partial charge on any atom is -0.481 e. The van der Waals surface area contributed by atoms with E-state index >= 15 is 0 Å². The fourth-order valence-corrected chi connectivity index (χ4v) is 6.05. The van der Waals surface area contributed by atoms with Gasteiger partial charge in [0.05, 0.1) is 36.3 Å². The molecule has 0 radical (unpaired) electrons. The quantitative estimate of drug-likeness (QED) is 0.329. The molecule has 2 aliphatic rings. The number of carboxylic acid groups (broad SMARTS) is 1. The summed E-state index contributed by atoms with van der Waals surface area (Å²) in [6.45, 7) is 2.73. The van der Waals surface area contributed by atoms with Crippen molar-refractivity contribution in [2.45, 2.75) is 63.6 Å². The van der Waals surface area contributed by atoms with Crippen LogP contribution >= 0.6 is 11.6 Å². The highest BCUT2D eigenvalue weighted by Gasteiger charge is 2.40. The Morgan fingerprint density at radius 1 is 1.09 bits per heavy atom. The molecule has 5 rings (SSSR count). The fraction of sp³-hybridized carbons (Fsp3) is 0.556. The predicted octanol–water partition coefficient (Wildman–Crippen LogP) is 5.06. The molecule has 1 aromatic carbocycles. The van der Waals surface area contributed by atoms with Crippen molar-refractivity contribution in [3.63, 3.8) is 0 Å². The number of carbonyl (C=O) groups is 1. The average molecular weight is 662 g/mol. The van der Waals surface area contributed by atoms with E-state index < -0.39 is 41.4 Å². The van der Waals surface area contributed by atoms with Gasteiger partial charge >= 0.3 is 18.3 Å². The summed E-state index contributed by atoms with van der Waals surface area (Å²) in [5.74, 6) is -0.444. The van der Waals surface area contributed by atoms with Gasteiger partial charge < -0.3 is 19.8 Å². The maximum atomic E-state index is 13.6. The van der Waals surface area contributed by atoms with Crippen LogP contribution in [0, 0.1) is 5.92 Å². The minimum atomic E-state index is -4.99. The number of hydrogen-bond acceptors (Lipinski definition) is 9. The van der Waals surface area contributed by atoms with Gasteiger partial charge in [0.2, 0.25) is 5.95 Å². The van der Waals surface area contributed by atoms with Crippen LogP contribution in [-0.2, 0) is 30.7 Å². The summed E-state index contributed by atoms with van der Waals surface area (Å²) in [4.78, 5) is 27.0. The van der Waals surface area contributed by atoms with Crippen LogP contribution in [0.15, 0.2) is 24.4 Å². The molecule has 0 unspecified atom stereocenters. The lowest BCUT2D eigenvalue weighted by Gasteiger charge is -2.32. The molecule has 2 aromatic heterocycles. The zero-order valence-corrected chi connectivity index (χ0v) is 25.0. The lowest BCUT2D eigenvalue weighted by atomic mass is 9.97. The predicted molar refractivity (Wildman–Crippen MR) is 151 cm³/mol. The number of hydrogen-bond donors (Lipinski definition) is 1. The first-order valence-electron chi connectivity index (χ1n) is 14.2. The number of anilines is 3. The lowest BCUT2D eigenvalue weighted by Crippen LogP contribution is -2.39. The van der Waals surface area contributed by atoms with E-state index in [9.17, 15) is 36.2 Å². The van der Waals surface area contributed by atoms with Gasteiger partial charge in [-0.25, -0.2) is 4.98 Å². The largest absolute Gasteiger partial charge is 0.481 e. The summed E-state index contributed by atoms with van der Waals surface area (Å²) >= 11 is 6.57.